The second kappa shape index (κ2) is 2.88. The number of allylic oxidation sites excluding steroid dienone is 1. The van der Waals surface area contributed by atoms with Crippen LogP contribution < -0.4 is 0 Å². The van der Waals surface area contributed by atoms with Crippen molar-refractivity contribution in [3.63, 3.8) is 0 Å². The van der Waals surface area contributed by atoms with E-state index < -0.39 is 5.60 Å². The zero-order chi connectivity index (χ0) is 9.41. The fourth-order valence-corrected chi connectivity index (χ4v) is 1.80. The molecule has 0 unspecified atom stereocenters. The number of hydrogen-bond acceptors (Lipinski definition) is 1. The van der Waals surface area contributed by atoms with Crippen LogP contribution in [-0.4, -0.2) is 10.7 Å². The quantitative estimate of drug-likeness (QED) is 0.551. The second-order valence-electron chi connectivity index (χ2n) is 5.26. The third-order valence-electron chi connectivity index (χ3n) is 2.78. The summed E-state index contributed by atoms with van der Waals surface area (Å²) in [5.41, 5.74) is -0.259. The summed E-state index contributed by atoms with van der Waals surface area (Å²) in [6, 6.07) is 0. The molecule has 0 spiro atoms. The molecule has 0 aromatic carbocycles. The molecular weight excluding hydrogens is 148 g/mol. The van der Waals surface area contributed by atoms with E-state index >= 15 is 0 Å². The highest BCUT2D eigenvalue weighted by molar-refractivity contribution is 5.06. The Kier molecular flexibility index (Phi) is 2.35. The summed E-state index contributed by atoms with van der Waals surface area (Å²) < 4.78 is 0. The van der Waals surface area contributed by atoms with Gasteiger partial charge in [-0.05, 0) is 31.1 Å². The Labute approximate surface area is 75.5 Å². The lowest BCUT2D eigenvalue weighted by Crippen LogP contribution is -2.33. The molecule has 0 fully saturated rings. The van der Waals surface area contributed by atoms with Crippen molar-refractivity contribution in [2.24, 2.45) is 11.3 Å². The summed E-state index contributed by atoms with van der Waals surface area (Å²) >= 11 is 0. The van der Waals surface area contributed by atoms with E-state index in [1.165, 1.54) is 0 Å². The highest BCUT2D eigenvalue weighted by atomic mass is 16.3. The van der Waals surface area contributed by atoms with Gasteiger partial charge in [0, 0.05) is 0 Å². The minimum Gasteiger partial charge on any atom is -0.386 e. The topological polar surface area (TPSA) is 20.2 Å². The van der Waals surface area contributed by atoms with Gasteiger partial charge in [0.25, 0.3) is 0 Å². The average molecular weight is 168 g/mol. The molecule has 0 aliphatic heterocycles. The van der Waals surface area contributed by atoms with E-state index in [9.17, 15) is 5.11 Å². The predicted molar refractivity (Wildman–Crippen MR) is 51.9 cm³/mol. The molecule has 12 heavy (non-hydrogen) atoms. The minimum absolute atomic E-state index is 0.314. The zero-order valence-corrected chi connectivity index (χ0v) is 8.59. The maximum Gasteiger partial charge on any atom is 0.0802 e. The SMILES string of the molecule is CC(C)(C)[C@H]1CC=C[C@](C)(O)C1. The smallest absolute Gasteiger partial charge is 0.0802 e. The summed E-state index contributed by atoms with van der Waals surface area (Å²) in [5.74, 6) is 0.609. The van der Waals surface area contributed by atoms with Crippen molar-refractivity contribution < 1.29 is 5.11 Å². The van der Waals surface area contributed by atoms with Crippen LogP contribution in [0.15, 0.2) is 12.2 Å². The van der Waals surface area contributed by atoms with E-state index in [4.69, 9.17) is 0 Å². The Balaban J connectivity index is 2.69. The number of hydrogen-bond donors (Lipinski definition) is 1. The van der Waals surface area contributed by atoms with E-state index in [1.54, 1.807) is 0 Å². The fraction of sp³-hybridized carbons (Fsp3) is 0.818. The summed E-state index contributed by atoms with van der Waals surface area (Å²) in [6.45, 7) is 8.62. The molecule has 0 saturated heterocycles. The fourth-order valence-electron chi connectivity index (χ4n) is 1.80. The van der Waals surface area contributed by atoms with Crippen molar-refractivity contribution in [2.75, 3.05) is 0 Å². The van der Waals surface area contributed by atoms with Gasteiger partial charge >= 0.3 is 0 Å². The normalized spacial score (nSPS) is 36.9. The Morgan fingerprint density at radius 1 is 1.42 bits per heavy atom. The third-order valence-corrected chi connectivity index (χ3v) is 2.78. The van der Waals surface area contributed by atoms with Crippen molar-refractivity contribution in [1.29, 1.82) is 0 Å². The summed E-state index contributed by atoms with van der Waals surface area (Å²) in [6.07, 6.45) is 6.04. The maximum atomic E-state index is 9.82. The highest BCUT2D eigenvalue weighted by Crippen LogP contribution is 2.38. The van der Waals surface area contributed by atoms with Crippen molar-refractivity contribution in [3.05, 3.63) is 12.2 Å². The monoisotopic (exact) mass is 168 g/mol. The molecule has 0 radical (unpaired) electrons. The minimum atomic E-state index is -0.573. The first-order valence-electron chi connectivity index (χ1n) is 4.71. The molecule has 70 valence electrons. The van der Waals surface area contributed by atoms with Gasteiger partial charge in [-0.1, -0.05) is 32.9 Å². The molecule has 0 amide bonds. The van der Waals surface area contributed by atoms with Crippen LogP contribution in [0.2, 0.25) is 0 Å². The lowest BCUT2D eigenvalue weighted by atomic mass is 9.71. The molecule has 0 bridgehead atoms. The first-order valence-corrected chi connectivity index (χ1v) is 4.71. The van der Waals surface area contributed by atoms with Crippen LogP contribution in [0.4, 0.5) is 0 Å². The van der Waals surface area contributed by atoms with E-state index in [0.29, 0.717) is 11.3 Å². The van der Waals surface area contributed by atoms with Crippen LogP contribution >= 0.6 is 0 Å². The first-order chi connectivity index (χ1) is 5.31. The largest absolute Gasteiger partial charge is 0.386 e. The van der Waals surface area contributed by atoms with Crippen LogP contribution in [0.5, 0.6) is 0 Å². The zero-order valence-electron chi connectivity index (χ0n) is 8.59. The van der Waals surface area contributed by atoms with Crippen molar-refractivity contribution in [3.8, 4) is 0 Å². The lowest BCUT2D eigenvalue weighted by molar-refractivity contribution is 0.0460. The molecule has 1 aliphatic rings. The molecule has 1 rings (SSSR count). The van der Waals surface area contributed by atoms with Gasteiger partial charge in [-0.3, -0.25) is 0 Å². The Morgan fingerprint density at radius 2 is 2.00 bits per heavy atom. The van der Waals surface area contributed by atoms with Gasteiger partial charge in [0.05, 0.1) is 5.60 Å². The Bertz CT molecular complexity index is 184. The molecular formula is C11H20O. The van der Waals surface area contributed by atoms with Crippen LogP contribution in [0.25, 0.3) is 0 Å². The molecule has 0 aromatic rings. The Hall–Kier alpha value is -0.300. The van der Waals surface area contributed by atoms with E-state index in [1.807, 2.05) is 13.0 Å². The van der Waals surface area contributed by atoms with E-state index in [2.05, 4.69) is 26.8 Å². The molecule has 0 heterocycles. The number of rotatable bonds is 0. The van der Waals surface area contributed by atoms with Gasteiger partial charge < -0.3 is 5.11 Å². The first kappa shape index (κ1) is 9.79. The van der Waals surface area contributed by atoms with Crippen molar-refractivity contribution in [2.45, 2.75) is 46.1 Å². The van der Waals surface area contributed by atoms with Gasteiger partial charge in [-0.2, -0.15) is 0 Å². The van der Waals surface area contributed by atoms with Gasteiger partial charge in [0.1, 0.15) is 0 Å². The molecule has 0 saturated carbocycles. The highest BCUT2D eigenvalue weighted by Gasteiger charge is 2.32. The molecule has 2 atom stereocenters. The van der Waals surface area contributed by atoms with E-state index in [-0.39, 0.29) is 0 Å². The molecule has 1 nitrogen and oxygen atoms in total. The van der Waals surface area contributed by atoms with Crippen molar-refractivity contribution in [1.82, 2.24) is 0 Å². The van der Waals surface area contributed by atoms with Gasteiger partial charge in [0.2, 0.25) is 0 Å². The third kappa shape index (κ3) is 2.34. The van der Waals surface area contributed by atoms with Gasteiger partial charge in [-0.15, -0.1) is 0 Å². The summed E-state index contributed by atoms with van der Waals surface area (Å²) in [5, 5.41) is 9.82. The van der Waals surface area contributed by atoms with Crippen LogP contribution in [0, 0.1) is 11.3 Å². The van der Waals surface area contributed by atoms with Crippen LogP contribution in [0.3, 0.4) is 0 Å². The average Bonchev–Trinajstić information content (AvgIpc) is 1.83. The van der Waals surface area contributed by atoms with E-state index in [0.717, 1.165) is 12.8 Å². The molecule has 1 aliphatic carbocycles. The number of aliphatic hydroxyl groups is 1. The lowest BCUT2D eigenvalue weighted by Gasteiger charge is -2.37. The standard InChI is InChI=1S/C11H20O/c1-10(2,3)9-6-5-7-11(4,12)8-9/h5,7,9,12H,6,8H2,1-4H3/t9-,11-/m0/s1. The van der Waals surface area contributed by atoms with Gasteiger partial charge in [-0.25, -0.2) is 0 Å². The summed E-state index contributed by atoms with van der Waals surface area (Å²) in [4.78, 5) is 0. The summed E-state index contributed by atoms with van der Waals surface area (Å²) in [7, 11) is 0. The molecule has 1 heteroatoms. The van der Waals surface area contributed by atoms with Crippen molar-refractivity contribution >= 4 is 0 Å². The second-order valence-corrected chi connectivity index (χ2v) is 5.26. The van der Waals surface area contributed by atoms with Crippen LogP contribution in [0.1, 0.15) is 40.5 Å². The Morgan fingerprint density at radius 3 is 2.33 bits per heavy atom. The maximum absolute atomic E-state index is 9.82. The van der Waals surface area contributed by atoms with Gasteiger partial charge in [0.15, 0.2) is 0 Å². The molecule has 0 aromatic heterocycles. The van der Waals surface area contributed by atoms with Crippen LogP contribution in [-0.2, 0) is 0 Å². The predicted octanol–water partition coefficient (Wildman–Crippen LogP) is 2.75. The molecule has 1 N–H and O–H groups in total.